The number of benzene rings is 2. The van der Waals surface area contributed by atoms with Crippen LogP contribution in [0.2, 0.25) is 10.0 Å². The van der Waals surface area contributed by atoms with Gasteiger partial charge in [0.2, 0.25) is 0 Å². The van der Waals surface area contributed by atoms with Crippen LogP contribution in [0, 0.1) is 15.9 Å². The number of nitro groups is 1. The third-order valence-corrected chi connectivity index (χ3v) is 3.19. The summed E-state index contributed by atoms with van der Waals surface area (Å²) in [6, 6.07) is 8.13. The molecule has 2 aromatic carbocycles. The Kier molecular flexibility index (Phi) is 3.50. The molecule has 92 valence electrons. The molecule has 0 bridgehead atoms. The van der Waals surface area contributed by atoms with E-state index in [1.165, 1.54) is 18.2 Å². The lowest BCUT2D eigenvalue weighted by Crippen LogP contribution is -1.93. The second kappa shape index (κ2) is 4.92. The Hall–Kier alpha value is -1.65. The van der Waals surface area contributed by atoms with Gasteiger partial charge >= 0.3 is 0 Å². The van der Waals surface area contributed by atoms with E-state index < -0.39 is 10.7 Å². The molecule has 0 N–H and O–H groups in total. The molecule has 2 aromatic rings. The third-order valence-electron chi connectivity index (χ3n) is 2.38. The second-order valence-electron chi connectivity index (χ2n) is 3.52. The standard InChI is InChI=1S/C12H6Cl2FNO2/c13-10-6-7(15)5-9(12(10)14)8-3-1-2-4-11(8)16(17)18/h1-6H. The highest BCUT2D eigenvalue weighted by atomic mass is 35.5. The molecule has 0 radical (unpaired) electrons. The summed E-state index contributed by atoms with van der Waals surface area (Å²) < 4.78 is 13.3. The lowest BCUT2D eigenvalue weighted by Gasteiger charge is -2.07. The van der Waals surface area contributed by atoms with E-state index in [1.807, 2.05) is 0 Å². The van der Waals surface area contributed by atoms with E-state index in [4.69, 9.17) is 23.2 Å². The fraction of sp³-hybridized carbons (Fsp3) is 0. The zero-order valence-electron chi connectivity index (χ0n) is 8.86. The van der Waals surface area contributed by atoms with Crippen molar-refractivity contribution in [2.24, 2.45) is 0 Å². The van der Waals surface area contributed by atoms with Crippen LogP contribution in [-0.2, 0) is 0 Å². The lowest BCUT2D eigenvalue weighted by atomic mass is 10.0. The molecule has 0 aromatic heterocycles. The van der Waals surface area contributed by atoms with Crippen LogP contribution in [0.5, 0.6) is 0 Å². The Balaban J connectivity index is 2.73. The van der Waals surface area contributed by atoms with Crippen LogP contribution < -0.4 is 0 Å². The van der Waals surface area contributed by atoms with Gasteiger partial charge in [-0.25, -0.2) is 4.39 Å². The maximum absolute atomic E-state index is 13.3. The molecule has 0 aliphatic rings. The lowest BCUT2D eigenvalue weighted by molar-refractivity contribution is -0.384. The molecule has 0 atom stereocenters. The highest BCUT2D eigenvalue weighted by molar-refractivity contribution is 6.43. The summed E-state index contributed by atoms with van der Waals surface area (Å²) >= 11 is 11.7. The summed E-state index contributed by atoms with van der Waals surface area (Å²) in [6.07, 6.45) is 0. The van der Waals surface area contributed by atoms with Gasteiger partial charge in [0.25, 0.3) is 5.69 Å². The number of halogens is 3. The summed E-state index contributed by atoms with van der Waals surface area (Å²) in [7, 11) is 0. The van der Waals surface area contributed by atoms with Crippen molar-refractivity contribution in [2.75, 3.05) is 0 Å². The summed E-state index contributed by atoms with van der Waals surface area (Å²) in [6.45, 7) is 0. The third kappa shape index (κ3) is 2.30. The predicted molar refractivity (Wildman–Crippen MR) is 68.5 cm³/mol. The summed E-state index contributed by atoms with van der Waals surface area (Å²) in [4.78, 5) is 10.4. The summed E-state index contributed by atoms with van der Waals surface area (Å²) in [5, 5.41) is 11.0. The van der Waals surface area contributed by atoms with Gasteiger partial charge in [0.1, 0.15) is 5.82 Å². The fourth-order valence-electron chi connectivity index (χ4n) is 1.61. The first-order chi connectivity index (χ1) is 8.50. The molecule has 0 saturated heterocycles. The average molecular weight is 286 g/mol. The second-order valence-corrected chi connectivity index (χ2v) is 4.31. The van der Waals surface area contributed by atoms with Crippen molar-refractivity contribution in [3.63, 3.8) is 0 Å². The molecule has 18 heavy (non-hydrogen) atoms. The van der Waals surface area contributed by atoms with Crippen LogP contribution in [0.25, 0.3) is 11.1 Å². The molecular weight excluding hydrogens is 280 g/mol. The number of nitro benzene ring substituents is 1. The Bertz CT molecular complexity index is 631. The molecule has 0 unspecified atom stereocenters. The van der Waals surface area contributed by atoms with Crippen molar-refractivity contribution in [1.29, 1.82) is 0 Å². The maximum Gasteiger partial charge on any atom is 0.277 e. The number of hydrogen-bond donors (Lipinski definition) is 0. The van der Waals surface area contributed by atoms with Crippen molar-refractivity contribution in [2.45, 2.75) is 0 Å². The van der Waals surface area contributed by atoms with Crippen LogP contribution in [0.1, 0.15) is 0 Å². The smallest absolute Gasteiger partial charge is 0.258 e. The molecule has 0 heterocycles. The van der Waals surface area contributed by atoms with Crippen LogP contribution >= 0.6 is 23.2 Å². The monoisotopic (exact) mass is 285 g/mol. The fourth-order valence-corrected chi connectivity index (χ4v) is 2.03. The van der Waals surface area contributed by atoms with Crippen LogP contribution in [0.4, 0.5) is 10.1 Å². The van der Waals surface area contributed by atoms with Gasteiger partial charge in [-0.3, -0.25) is 10.1 Å². The van der Waals surface area contributed by atoms with Crippen LogP contribution in [0.15, 0.2) is 36.4 Å². The topological polar surface area (TPSA) is 43.1 Å². The first kappa shape index (κ1) is 12.8. The Morgan fingerprint density at radius 3 is 2.44 bits per heavy atom. The van der Waals surface area contributed by atoms with Gasteiger partial charge in [-0.05, 0) is 18.2 Å². The van der Waals surface area contributed by atoms with Gasteiger partial charge in [-0.2, -0.15) is 0 Å². The summed E-state index contributed by atoms with van der Waals surface area (Å²) in [5.41, 5.74) is 0.281. The van der Waals surface area contributed by atoms with Crippen molar-refractivity contribution in [3.05, 3.63) is 62.4 Å². The van der Waals surface area contributed by atoms with Crippen molar-refractivity contribution in [3.8, 4) is 11.1 Å². The van der Waals surface area contributed by atoms with E-state index in [-0.39, 0.29) is 26.9 Å². The predicted octanol–water partition coefficient (Wildman–Crippen LogP) is 4.71. The largest absolute Gasteiger partial charge is 0.277 e. The highest BCUT2D eigenvalue weighted by Gasteiger charge is 2.18. The first-order valence-corrected chi connectivity index (χ1v) is 5.64. The molecular formula is C12H6Cl2FNO2. The summed E-state index contributed by atoms with van der Waals surface area (Å²) in [5.74, 6) is -0.599. The first-order valence-electron chi connectivity index (χ1n) is 4.89. The molecule has 0 saturated carbocycles. The van der Waals surface area contributed by atoms with E-state index in [9.17, 15) is 14.5 Å². The molecule has 0 aliphatic heterocycles. The molecule has 3 nitrogen and oxygen atoms in total. The van der Waals surface area contributed by atoms with Crippen LogP contribution in [-0.4, -0.2) is 4.92 Å². The maximum atomic E-state index is 13.3. The number of rotatable bonds is 2. The van der Waals surface area contributed by atoms with Crippen molar-refractivity contribution < 1.29 is 9.31 Å². The van der Waals surface area contributed by atoms with Gasteiger partial charge in [0.05, 0.1) is 20.5 Å². The highest BCUT2D eigenvalue weighted by Crippen LogP contribution is 2.38. The van der Waals surface area contributed by atoms with Gasteiger partial charge in [0, 0.05) is 11.6 Å². The molecule has 0 fully saturated rings. The molecule has 0 spiro atoms. The minimum absolute atomic E-state index is 0.0183. The minimum atomic E-state index is -0.599. The normalized spacial score (nSPS) is 10.4. The van der Waals surface area contributed by atoms with E-state index in [1.54, 1.807) is 6.07 Å². The van der Waals surface area contributed by atoms with E-state index in [2.05, 4.69) is 0 Å². The van der Waals surface area contributed by atoms with E-state index >= 15 is 0 Å². The number of hydrogen-bond acceptors (Lipinski definition) is 2. The quantitative estimate of drug-likeness (QED) is 0.456. The molecule has 2 rings (SSSR count). The van der Waals surface area contributed by atoms with Crippen molar-refractivity contribution >= 4 is 28.9 Å². The van der Waals surface area contributed by atoms with Gasteiger partial charge < -0.3 is 0 Å². The average Bonchev–Trinajstić information content (AvgIpc) is 2.33. The van der Waals surface area contributed by atoms with Gasteiger partial charge in [-0.15, -0.1) is 0 Å². The molecule has 0 aliphatic carbocycles. The van der Waals surface area contributed by atoms with Gasteiger partial charge in [0.15, 0.2) is 0 Å². The Morgan fingerprint density at radius 2 is 1.78 bits per heavy atom. The van der Waals surface area contributed by atoms with Crippen LogP contribution in [0.3, 0.4) is 0 Å². The zero-order chi connectivity index (χ0) is 13.3. The minimum Gasteiger partial charge on any atom is -0.258 e. The Morgan fingerprint density at radius 1 is 1.11 bits per heavy atom. The van der Waals surface area contributed by atoms with E-state index in [0.29, 0.717) is 0 Å². The number of para-hydroxylation sites is 1. The van der Waals surface area contributed by atoms with E-state index in [0.717, 1.165) is 12.1 Å². The van der Waals surface area contributed by atoms with Crippen molar-refractivity contribution in [1.82, 2.24) is 0 Å². The Labute approximate surface area is 112 Å². The van der Waals surface area contributed by atoms with Gasteiger partial charge in [-0.1, -0.05) is 35.3 Å². The molecule has 6 heteroatoms. The SMILES string of the molecule is O=[N+]([O-])c1ccccc1-c1cc(F)cc(Cl)c1Cl. The number of nitrogens with zero attached hydrogens (tertiary/aromatic N) is 1. The molecule has 0 amide bonds. The zero-order valence-corrected chi connectivity index (χ0v) is 10.4.